The Hall–Kier alpha value is -2.52. The Morgan fingerprint density at radius 2 is 2.00 bits per heavy atom. The molecule has 3 heterocycles. The van der Waals surface area contributed by atoms with Crippen LogP contribution in [0.3, 0.4) is 0 Å². The average molecular weight is 342 g/mol. The van der Waals surface area contributed by atoms with Crippen LogP contribution in [-0.4, -0.2) is 30.0 Å². The number of hydrogen-bond donors (Lipinski definition) is 1. The summed E-state index contributed by atoms with van der Waals surface area (Å²) in [6.45, 7) is 0. The molecule has 3 aromatic heterocycles. The van der Waals surface area contributed by atoms with Crippen molar-refractivity contribution in [2.75, 3.05) is 0 Å². The van der Waals surface area contributed by atoms with Crippen molar-refractivity contribution in [2.45, 2.75) is 10.9 Å². The molecule has 0 aliphatic rings. The summed E-state index contributed by atoms with van der Waals surface area (Å²) in [5, 5.41) is 20.1. The highest BCUT2D eigenvalue weighted by Crippen LogP contribution is 2.22. The minimum atomic E-state index is 0.260. The van der Waals surface area contributed by atoms with E-state index in [0.29, 0.717) is 22.4 Å². The number of fused-ring (bicyclic) bond motifs is 1. The Morgan fingerprint density at radius 3 is 2.78 bits per heavy atom. The van der Waals surface area contributed by atoms with Crippen LogP contribution in [0.25, 0.3) is 16.9 Å². The maximum atomic E-state index is 5.24. The number of thioether (sulfide) groups is 1. The summed E-state index contributed by atoms with van der Waals surface area (Å²) in [7, 11) is 0. The number of rotatable bonds is 4. The molecule has 0 amide bonds. The molecule has 1 N–H and O–H groups in total. The van der Waals surface area contributed by atoms with Gasteiger partial charge in [-0.1, -0.05) is 42.1 Å². The van der Waals surface area contributed by atoms with Crippen LogP contribution in [0.2, 0.25) is 0 Å². The van der Waals surface area contributed by atoms with Gasteiger partial charge in [0.2, 0.25) is 11.0 Å². The second kappa shape index (κ2) is 5.94. The van der Waals surface area contributed by atoms with Crippen LogP contribution < -0.4 is 0 Å². The van der Waals surface area contributed by atoms with E-state index in [1.54, 1.807) is 4.52 Å². The van der Waals surface area contributed by atoms with Crippen LogP contribution in [0.4, 0.5) is 0 Å². The molecule has 0 fully saturated rings. The molecular formula is C14H10N6OS2. The van der Waals surface area contributed by atoms with Crippen molar-refractivity contribution in [3.8, 4) is 11.3 Å². The molecule has 0 spiro atoms. The summed E-state index contributed by atoms with van der Waals surface area (Å²) in [5.74, 6) is 1.00. The van der Waals surface area contributed by atoms with Gasteiger partial charge in [-0.05, 0) is 24.4 Å². The van der Waals surface area contributed by atoms with Crippen molar-refractivity contribution in [1.29, 1.82) is 0 Å². The van der Waals surface area contributed by atoms with Gasteiger partial charge in [0, 0.05) is 5.56 Å². The minimum absolute atomic E-state index is 0.260. The summed E-state index contributed by atoms with van der Waals surface area (Å²) in [5.41, 5.74) is 2.59. The van der Waals surface area contributed by atoms with Gasteiger partial charge in [-0.25, -0.2) is 5.10 Å². The number of aromatic amines is 1. The van der Waals surface area contributed by atoms with Gasteiger partial charge in [0.1, 0.15) is 0 Å². The normalized spacial score (nSPS) is 11.1. The van der Waals surface area contributed by atoms with E-state index < -0.39 is 0 Å². The highest BCUT2D eigenvalue weighted by Gasteiger charge is 2.11. The fourth-order valence-electron chi connectivity index (χ4n) is 2.07. The van der Waals surface area contributed by atoms with Gasteiger partial charge in [0.25, 0.3) is 4.84 Å². The van der Waals surface area contributed by atoms with E-state index >= 15 is 0 Å². The van der Waals surface area contributed by atoms with E-state index in [0.717, 1.165) is 11.3 Å². The zero-order valence-corrected chi connectivity index (χ0v) is 13.3. The third kappa shape index (κ3) is 2.88. The number of benzene rings is 1. The molecule has 0 unspecified atom stereocenters. The van der Waals surface area contributed by atoms with Gasteiger partial charge in [0.15, 0.2) is 5.65 Å². The van der Waals surface area contributed by atoms with Crippen LogP contribution in [0, 0.1) is 4.84 Å². The first-order valence-electron chi connectivity index (χ1n) is 6.75. The first kappa shape index (κ1) is 14.1. The molecule has 0 bridgehead atoms. The summed E-state index contributed by atoms with van der Waals surface area (Å²) in [4.78, 5) is 0.260. The summed E-state index contributed by atoms with van der Waals surface area (Å²) < 4.78 is 6.95. The maximum Gasteiger partial charge on any atom is 0.284 e. The first-order valence-corrected chi connectivity index (χ1v) is 8.14. The number of nitrogens with one attached hydrogen (secondary N) is 1. The Kier molecular flexibility index (Phi) is 3.64. The Balaban J connectivity index is 1.66. The quantitative estimate of drug-likeness (QED) is 0.450. The third-order valence-electron chi connectivity index (χ3n) is 3.11. The SMILES string of the molecule is S=c1[nH]nc(CSc2nnc3ccc(-c4ccccc4)nn23)o1. The van der Waals surface area contributed by atoms with Crippen molar-refractivity contribution in [1.82, 2.24) is 30.0 Å². The van der Waals surface area contributed by atoms with E-state index in [1.165, 1.54) is 11.8 Å². The lowest BCUT2D eigenvalue weighted by Gasteiger charge is -2.02. The zero-order chi connectivity index (χ0) is 15.6. The number of aromatic nitrogens is 6. The molecule has 23 heavy (non-hydrogen) atoms. The van der Waals surface area contributed by atoms with Gasteiger partial charge in [0.05, 0.1) is 11.4 Å². The third-order valence-corrected chi connectivity index (χ3v) is 4.19. The van der Waals surface area contributed by atoms with E-state index in [-0.39, 0.29) is 4.84 Å². The highest BCUT2D eigenvalue weighted by atomic mass is 32.2. The topological polar surface area (TPSA) is 84.9 Å². The molecule has 9 heteroatoms. The summed E-state index contributed by atoms with van der Waals surface area (Å²) in [6, 6.07) is 13.8. The monoisotopic (exact) mass is 342 g/mol. The molecule has 0 aliphatic heterocycles. The predicted molar refractivity (Wildman–Crippen MR) is 87.5 cm³/mol. The average Bonchev–Trinajstić information content (AvgIpc) is 3.19. The van der Waals surface area contributed by atoms with Crippen LogP contribution in [-0.2, 0) is 5.75 Å². The second-order valence-corrected chi connectivity index (χ2v) is 5.95. The number of H-pyrrole nitrogens is 1. The van der Waals surface area contributed by atoms with Crippen molar-refractivity contribution in [2.24, 2.45) is 0 Å². The van der Waals surface area contributed by atoms with E-state index in [2.05, 4.69) is 25.5 Å². The smallest absolute Gasteiger partial charge is 0.284 e. The minimum Gasteiger partial charge on any atom is -0.413 e. The maximum absolute atomic E-state index is 5.24. The van der Waals surface area contributed by atoms with Crippen LogP contribution in [0.5, 0.6) is 0 Å². The van der Waals surface area contributed by atoms with Crippen LogP contribution >= 0.6 is 24.0 Å². The lowest BCUT2D eigenvalue weighted by atomic mass is 10.1. The van der Waals surface area contributed by atoms with Crippen molar-refractivity contribution < 1.29 is 4.42 Å². The van der Waals surface area contributed by atoms with Crippen molar-refractivity contribution >= 4 is 29.6 Å². The molecule has 0 aliphatic carbocycles. The fraction of sp³-hybridized carbons (Fsp3) is 0.0714. The van der Waals surface area contributed by atoms with Crippen LogP contribution in [0.15, 0.2) is 52.0 Å². The highest BCUT2D eigenvalue weighted by molar-refractivity contribution is 7.98. The lowest BCUT2D eigenvalue weighted by molar-refractivity contribution is 0.500. The molecule has 0 radical (unpaired) electrons. The zero-order valence-electron chi connectivity index (χ0n) is 11.7. The van der Waals surface area contributed by atoms with Crippen molar-refractivity contribution in [3.63, 3.8) is 0 Å². The van der Waals surface area contributed by atoms with E-state index in [9.17, 15) is 0 Å². The van der Waals surface area contributed by atoms with Gasteiger partial charge < -0.3 is 4.42 Å². The van der Waals surface area contributed by atoms with Crippen LogP contribution in [0.1, 0.15) is 5.89 Å². The molecule has 0 atom stereocenters. The predicted octanol–water partition coefficient (Wildman–Crippen LogP) is 3.13. The Labute approximate surface area is 139 Å². The molecular weight excluding hydrogens is 332 g/mol. The number of hydrogen-bond acceptors (Lipinski definition) is 7. The Bertz CT molecular complexity index is 1010. The van der Waals surface area contributed by atoms with E-state index in [4.69, 9.17) is 16.6 Å². The summed E-state index contributed by atoms with van der Waals surface area (Å²) >= 11 is 6.29. The lowest BCUT2D eigenvalue weighted by Crippen LogP contribution is -1.96. The molecule has 7 nitrogen and oxygen atoms in total. The van der Waals surface area contributed by atoms with Gasteiger partial charge in [-0.3, -0.25) is 0 Å². The molecule has 1 aromatic carbocycles. The number of nitrogens with zero attached hydrogens (tertiary/aromatic N) is 5. The molecule has 0 saturated carbocycles. The Morgan fingerprint density at radius 1 is 1.13 bits per heavy atom. The van der Waals surface area contributed by atoms with Crippen molar-refractivity contribution in [3.05, 3.63) is 53.2 Å². The second-order valence-electron chi connectivity index (χ2n) is 4.63. The van der Waals surface area contributed by atoms with Gasteiger partial charge >= 0.3 is 0 Å². The van der Waals surface area contributed by atoms with Gasteiger partial charge in [-0.2, -0.15) is 9.61 Å². The van der Waals surface area contributed by atoms with Gasteiger partial charge in [-0.15, -0.1) is 15.3 Å². The standard InChI is InChI=1S/C14H10N6OS2/c22-14-18-16-12(21-14)8-23-13-17-15-11-7-6-10(19-20(11)13)9-4-2-1-3-5-9/h1-7H,8H2,(H,18,22). The first-order chi connectivity index (χ1) is 11.3. The fourth-order valence-corrected chi connectivity index (χ4v) is 2.94. The van der Waals surface area contributed by atoms with E-state index in [1.807, 2.05) is 42.5 Å². The molecule has 4 rings (SSSR count). The molecule has 114 valence electrons. The molecule has 4 aromatic rings. The summed E-state index contributed by atoms with van der Waals surface area (Å²) in [6.07, 6.45) is 0. The molecule has 0 saturated heterocycles. The largest absolute Gasteiger partial charge is 0.413 e.